The number of benzene rings is 1. The van der Waals surface area contributed by atoms with Crippen molar-refractivity contribution in [1.82, 2.24) is 8.97 Å². The first-order chi connectivity index (χ1) is 9.58. The number of aromatic nitrogens is 3. The van der Waals surface area contributed by atoms with Gasteiger partial charge in [-0.05, 0) is 32.9 Å². The molecule has 0 saturated heterocycles. The number of nitrogens with zero attached hydrogens (tertiary/aromatic N) is 3. The molecule has 0 N–H and O–H groups in total. The second kappa shape index (κ2) is 4.71. The van der Waals surface area contributed by atoms with E-state index >= 15 is 0 Å². The van der Waals surface area contributed by atoms with E-state index in [0.29, 0.717) is 0 Å². The molecule has 0 spiro atoms. The Kier molecular flexibility index (Phi) is 3.01. The third kappa shape index (κ3) is 1.97. The molecule has 0 fully saturated rings. The Morgan fingerprint density at radius 2 is 1.95 bits per heavy atom. The summed E-state index contributed by atoms with van der Waals surface area (Å²) < 4.78 is 12.3. The molecule has 1 aromatic carbocycles. The lowest BCUT2D eigenvalue weighted by Crippen LogP contribution is -2.28. The molecule has 0 amide bonds. The summed E-state index contributed by atoms with van der Waals surface area (Å²) in [6.45, 7) is 6.20. The van der Waals surface area contributed by atoms with E-state index < -0.39 is 0 Å². The van der Waals surface area contributed by atoms with Crippen LogP contribution in [0.15, 0.2) is 43.0 Å². The number of imidazole rings is 2. The van der Waals surface area contributed by atoms with Crippen molar-refractivity contribution >= 4 is 5.78 Å². The zero-order valence-corrected chi connectivity index (χ0v) is 12.4. The second-order valence-corrected chi connectivity index (χ2v) is 5.35. The first-order valence-corrected chi connectivity index (χ1v) is 6.88. The van der Waals surface area contributed by atoms with Crippen molar-refractivity contribution in [2.75, 3.05) is 0 Å². The van der Waals surface area contributed by atoms with Crippen molar-refractivity contribution in [2.24, 2.45) is 7.05 Å². The SMILES string of the molecule is Cc1c(OC(C)C)cccc1-n1ccn2cc[n+](C)c12. The number of fused-ring (bicyclic) bond motifs is 1. The van der Waals surface area contributed by atoms with Crippen LogP contribution < -0.4 is 9.30 Å². The van der Waals surface area contributed by atoms with E-state index in [4.69, 9.17) is 4.74 Å². The highest BCUT2D eigenvalue weighted by atomic mass is 16.5. The van der Waals surface area contributed by atoms with Crippen molar-refractivity contribution in [3.05, 3.63) is 48.5 Å². The summed E-state index contributed by atoms with van der Waals surface area (Å²) in [5, 5.41) is 0. The molecule has 20 heavy (non-hydrogen) atoms. The van der Waals surface area contributed by atoms with E-state index in [2.05, 4.69) is 58.4 Å². The van der Waals surface area contributed by atoms with Gasteiger partial charge in [0, 0.05) is 5.56 Å². The normalized spacial score (nSPS) is 11.4. The van der Waals surface area contributed by atoms with Gasteiger partial charge in [0.05, 0.1) is 19.3 Å². The van der Waals surface area contributed by atoms with Gasteiger partial charge in [-0.2, -0.15) is 0 Å². The Morgan fingerprint density at radius 3 is 2.70 bits per heavy atom. The molecule has 2 aromatic heterocycles. The number of aryl methyl sites for hydroxylation is 1. The maximum absolute atomic E-state index is 5.88. The summed E-state index contributed by atoms with van der Waals surface area (Å²) in [7, 11) is 2.05. The average Bonchev–Trinajstić information content (AvgIpc) is 2.96. The van der Waals surface area contributed by atoms with Gasteiger partial charge in [0.15, 0.2) is 0 Å². The molecule has 2 heterocycles. The molecule has 0 aliphatic carbocycles. The third-order valence-corrected chi connectivity index (χ3v) is 3.47. The molecule has 104 valence electrons. The fourth-order valence-corrected chi connectivity index (χ4v) is 2.54. The summed E-state index contributed by atoms with van der Waals surface area (Å²) in [4.78, 5) is 0. The van der Waals surface area contributed by atoms with E-state index in [9.17, 15) is 0 Å². The Labute approximate surface area is 118 Å². The molecular weight excluding hydrogens is 250 g/mol. The highest BCUT2D eigenvalue weighted by Crippen LogP contribution is 2.26. The van der Waals surface area contributed by atoms with E-state index in [1.807, 2.05) is 26.0 Å². The van der Waals surface area contributed by atoms with Gasteiger partial charge in [-0.1, -0.05) is 6.07 Å². The van der Waals surface area contributed by atoms with Crippen LogP contribution in [0.1, 0.15) is 19.4 Å². The van der Waals surface area contributed by atoms with Gasteiger partial charge < -0.3 is 4.74 Å². The van der Waals surface area contributed by atoms with Crippen LogP contribution in [-0.4, -0.2) is 15.1 Å². The maximum Gasteiger partial charge on any atom is 0.373 e. The maximum atomic E-state index is 5.88. The second-order valence-electron chi connectivity index (χ2n) is 5.35. The van der Waals surface area contributed by atoms with Crippen molar-refractivity contribution in [3.63, 3.8) is 0 Å². The number of hydrogen-bond acceptors (Lipinski definition) is 1. The van der Waals surface area contributed by atoms with Gasteiger partial charge >= 0.3 is 5.78 Å². The van der Waals surface area contributed by atoms with Gasteiger partial charge in [-0.25, -0.2) is 13.5 Å². The summed E-state index contributed by atoms with van der Waals surface area (Å²) in [5.41, 5.74) is 2.30. The van der Waals surface area contributed by atoms with Crippen molar-refractivity contribution < 1.29 is 9.30 Å². The summed E-state index contributed by atoms with van der Waals surface area (Å²) >= 11 is 0. The molecule has 0 atom stereocenters. The molecule has 4 nitrogen and oxygen atoms in total. The molecule has 4 heteroatoms. The van der Waals surface area contributed by atoms with Crippen molar-refractivity contribution in [1.29, 1.82) is 0 Å². The van der Waals surface area contributed by atoms with Gasteiger partial charge in [-0.15, -0.1) is 0 Å². The largest absolute Gasteiger partial charge is 0.491 e. The Hall–Kier alpha value is -2.23. The minimum absolute atomic E-state index is 0.179. The van der Waals surface area contributed by atoms with Crippen LogP contribution in [0, 0.1) is 6.92 Å². The monoisotopic (exact) mass is 270 g/mol. The molecular formula is C16H20N3O+. The lowest BCUT2D eigenvalue weighted by atomic mass is 10.1. The minimum Gasteiger partial charge on any atom is -0.491 e. The average molecular weight is 270 g/mol. The Bertz CT molecular complexity index is 752. The molecule has 3 rings (SSSR count). The Morgan fingerprint density at radius 1 is 1.15 bits per heavy atom. The van der Waals surface area contributed by atoms with Crippen LogP contribution in [0.4, 0.5) is 0 Å². The highest BCUT2D eigenvalue weighted by Gasteiger charge is 2.17. The molecule has 0 saturated carbocycles. The van der Waals surface area contributed by atoms with Crippen LogP contribution in [0.25, 0.3) is 11.5 Å². The standard InChI is InChI=1S/C16H20N3O/c1-12(2)20-15-7-5-6-14(13(15)3)19-11-10-18-9-8-17(4)16(18)19/h5-12H,1-4H3/q+1. The highest BCUT2D eigenvalue weighted by molar-refractivity contribution is 5.52. The lowest BCUT2D eigenvalue weighted by Gasteiger charge is -2.14. The first kappa shape index (κ1) is 12.8. The molecule has 0 aliphatic heterocycles. The van der Waals surface area contributed by atoms with E-state index in [1.54, 1.807) is 0 Å². The van der Waals surface area contributed by atoms with Crippen molar-refractivity contribution in [2.45, 2.75) is 26.9 Å². The summed E-state index contributed by atoms with van der Waals surface area (Å²) in [6.07, 6.45) is 8.42. The fraction of sp³-hybridized carbons (Fsp3) is 0.312. The summed E-state index contributed by atoms with van der Waals surface area (Å²) in [5.74, 6) is 2.06. The fourth-order valence-electron chi connectivity index (χ4n) is 2.54. The van der Waals surface area contributed by atoms with E-state index in [0.717, 1.165) is 22.8 Å². The van der Waals surface area contributed by atoms with Gasteiger partial charge in [0.2, 0.25) is 0 Å². The number of ether oxygens (including phenoxy) is 1. The van der Waals surface area contributed by atoms with Crippen LogP contribution in [0.3, 0.4) is 0 Å². The van der Waals surface area contributed by atoms with Gasteiger partial charge in [0.25, 0.3) is 0 Å². The number of rotatable bonds is 3. The Balaban J connectivity index is 2.17. The predicted molar refractivity (Wildman–Crippen MR) is 78.4 cm³/mol. The zero-order valence-electron chi connectivity index (χ0n) is 12.4. The third-order valence-electron chi connectivity index (χ3n) is 3.47. The predicted octanol–water partition coefficient (Wildman–Crippen LogP) is 2.65. The zero-order chi connectivity index (χ0) is 14.3. The van der Waals surface area contributed by atoms with E-state index in [-0.39, 0.29) is 6.10 Å². The minimum atomic E-state index is 0.179. The quantitative estimate of drug-likeness (QED) is 0.671. The number of hydrogen-bond donors (Lipinski definition) is 0. The van der Waals surface area contributed by atoms with E-state index in [1.165, 1.54) is 0 Å². The van der Waals surface area contributed by atoms with Gasteiger partial charge in [-0.3, -0.25) is 0 Å². The lowest BCUT2D eigenvalue weighted by molar-refractivity contribution is -0.646. The van der Waals surface area contributed by atoms with Crippen LogP contribution in [0.5, 0.6) is 5.75 Å². The molecule has 0 radical (unpaired) electrons. The molecule has 0 aliphatic rings. The summed E-state index contributed by atoms with van der Waals surface area (Å²) in [6, 6.07) is 6.19. The molecule has 3 aromatic rings. The molecule has 0 unspecified atom stereocenters. The topological polar surface area (TPSA) is 22.4 Å². The van der Waals surface area contributed by atoms with Crippen molar-refractivity contribution in [3.8, 4) is 11.4 Å². The van der Waals surface area contributed by atoms with Crippen LogP contribution >= 0.6 is 0 Å². The van der Waals surface area contributed by atoms with Crippen LogP contribution in [-0.2, 0) is 7.05 Å². The molecule has 0 bridgehead atoms. The first-order valence-electron chi connectivity index (χ1n) is 6.88. The smallest absolute Gasteiger partial charge is 0.373 e. The van der Waals surface area contributed by atoms with Crippen LogP contribution in [0.2, 0.25) is 0 Å². The van der Waals surface area contributed by atoms with Gasteiger partial charge in [0.1, 0.15) is 30.0 Å².